The Labute approximate surface area is 102 Å². The van der Waals surface area contributed by atoms with E-state index in [-0.39, 0.29) is 12.4 Å². The van der Waals surface area contributed by atoms with Gasteiger partial charge in [-0.15, -0.1) is 23.7 Å². The van der Waals surface area contributed by atoms with Gasteiger partial charge in [-0.3, -0.25) is 4.90 Å². The first-order valence-corrected chi connectivity index (χ1v) is 6.21. The van der Waals surface area contributed by atoms with Crippen LogP contribution < -0.4 is 5.73 Å². The standard InChI is InChI=1S/C11H18N2S.ClH/c12-7-10-3-1-5-13(8-10)9-11-4-2-6-14-11;/h2,4,6,10H,1,3,5,7-9,12H2;1H. The third-order valence-electron chi connectivity index (χ3n) is 2.90. The Kier molecular flexibility index (Phi) is 5.61. The maximum atomic E-state index is 5.71. The molecule has 1 aromatic rings. The molecule has 0 saturated carbocycles. The Morgan fingerprint density at radius 2 is 2.40 bits per heavy atom. The molecule has 4 heteroatoms. The second-order valence-electron chi connectivity index (χ2n) is 4.06. The fourth-order valence-corrected chi connectivity index (χ4v) is 2.86. The molecular formula is C11H19ClN2S. The summed E-state index contributed by atoms with van der Waals surface area (Å²) in [6.07, 6.45) is 2.63. The van der Waals surface area contributed by atoms with Crippen LogP contribution in [0.5, 0.6) is 0 Å². The van der Waals surface area contributed by atoms with Crippen LogP contribution in [0.1, 0.15) is 17.7 Å². The summed E-state index contributed by atoms with van der Waals surface area (Å²) in [6, 6.07) is 4.35. The topological polar surface area (TPSA) is 29.3 Å². The van der Waals surface area contributed by atoms with E-state index in [4.69, 9.17) is 5.73 Å². The van der Waals surface area contributed by atoms with Gasteiger partial charge in [-0.1, -0.05) is 6.07 Å². The first-order chi connectivity index (χ1) is 6.88. The number of hydrogen-bond donors (Lipinski definition) is 1. The van der Waals surface area contributed by atoms with E-state index >= 15 is 0 Å². The van der Waals surface area contributed by atoms with E-state index < -0.39 is 0 Å². The molecule has 0 aromatic carbocycles. The maximum Gasteiger partial charge on any atom is 0.0328 e. The van der Waals surface area contributed by atoms with Crippen LogP contribution in [0.15, 0.2) is 17.5 Å². The quantitative estimate of drug-likeness (QED) is 0.887. The van der Waals surface area contributed by atoms with E-state index in [0.29, 0.717) is 0 Å². The highest BCUT2D eigenvalue weighted by molar-refractivity contribution is 7.09. The SMILES string of the molecule is Cl.NCC1CCCN(Cc2cccs2)C1. The van der Waals surface area contributed by atoms with E-state index in [9.17, 15) is 0 Å². The van der Waals surface area contributed by atoms with Gasteiger partial charge < -0.3 is 5.73 Å². The van der Waals surface area contributed by atoms with Crippen molar-refractivity contribution in [3.63, 3.8) is 0 Å². The lowest BCUT2D eigenvalue weighted by atomic mass is 9.98. The molecule has 1 atom stereocenters. The van der Waals surface area contributed by atoms with Crippen LogP contribution in [-0.4, -0.2) is 24.5 Å². The van der Waals surface area contributed by atoms with Gasteiger partial charge in [-0.25, -0.2) is 0 Å². The molecule has 1 aromatic heterocycles. The molecule has 15 heavy (non-hydrogen) atoms. The second-order valence-corrected chi connectivity index (χ2v) is 5.09. The zero-order valence-corrected chi connectivity index (χ0v) is 10.5. The zero-order chi connectivity index (χ0) is 9.80. The van der Waals surface area contributed by atoms with Crippen LogP contribution in [-0.2, 0) is 6.54 Å². The lowest BCUT2D eigenvalue weighted by Gasteiger charge is -2.31. The summed E-state index contributed by atoms with van der Waals surface area (Å²) in [5.74, 6) is 0.726. The molecule has 1 aliphatic heterocycles. The van der Waals surface area contributed by atoms with Gasteiger partial charge in [-0.2, -0.15) is 0 Å². The number of halogens is 1. The number of rotatable bonds is 3. The summed E-state index contributed by atoms with van der Waals surface area (Å²) in [4.78, 5) is 4.01. The van der Waals surface area contributed by atoms with Gasteiger partial charge in [0.25, 0.3) is 0 Å². The first-order valence-electron chi connectivity index (χ1n) is 5.33. The molecule has 0 amide bonds. The summed E-state index contributed by atoms with van der Waals surface area (Å²) >= 11 is 1.85. The molecule has 86 valence electrons. The lowest BCUT2D eigenvalue weighted by molar-refractivity contribution is 0.172. The summed E-state index contributed by atoms with van der Waals surface area (Å²) in [6.45, 7) is 4.40. The fourth-order valence-electron chi connectivity index (χ4n) is 2.11. The number of hydrogen-bond acceptors (Lipinski definition) is 3. The highest BCUT2D eigenvalue weighted by Crippen LogP contribution is 2.19. The average molecular weight is 247 g/mol. The fraction of sp³-hybridized carbons (Fsp3) is 0.636. The van der Waals surface area contributed by atoms with E-state index in [1.165, 1.54) is 30.8 Å². The van der Waals surface area contributed by atoms with Crippen molar-refractivity contribution >= 4 is 23.7 Å². The molecule has 0 aliphatic carbocycles. The van der Waals surface area contributed by atoms with E-state index in [0.717, 1.165) is 19.0 Å². The Hall–Kier alpha value is -0.0900. The van der Waals surface area contributed by atoms with Gasteiger partial charge >= 0.3 is 0 Å². The predicted octanol–water partition coefficient (Wildman–Crippen LogP) is 2.34. The van der Waals surface area contributed by atoms with Gasteiger partial charge in [0.2, 0.25) is 0 Å². The van der Waals surface area contributed by atoms with Crippen molar-refractivity contribution in [3.8, 4) is 0 Å². The number of thiophene rings is 1. The van der Waals surface area contributed by atoms with Crippen LogP contribution in [0.25, 0.3) is 0 Å². The van der Waals surface area contributed by atoms with Crippen LogP contribution in [0.4, 0.5) is 0 Å². The summed E-state index contributed by atoms with van der Waals surface area (Å²) < 4.78 is 0. The molecule has 2 heterocycles. The maximum absolute atomic E-state index is 5.71. The van der Waals surface area contributed by atoms with Crippen LogP contribution in [0.2, 0.25) is 0 Å². The summed E-state index contributed by atoms with van der Waals surface area (Å²) in [5.41, 5.74) is 5.71. The third kappa shape index (κ3) is 3.76. The van der Waals surface area contributed by atoms with E-state index in [1.807, 2.05) is 11.3 Å². The molecule has 2 rings (SSSR count). The number of nitrogens with zero attached hydrogens (tertiary/aromatic N) is 1. The normalized spacial score (nSPS) is 22.3. The van der Waals surface area contributed by atoms with Crippen LogP contribution in [0.3, 0.4) is 0 Å². The summed E-state index contributed by atoms with van der Waals surface area (Å²) in [5, 5.41) is 2.15. The second kappa shape index (κ2) is 6.48. The lowest BCUT2D eigenvalue weighted by Crippen LogP contribution is -2.37. The molecule has 1 unspecified atom stereocenters. The molecule has 0 spiro atoms. The third-order valence-corrected chi connectivity index (χ3v) is 3.76. The van der Waals surface area contributed by atoms with Crippen molar-refractivity contribution in [3.05, 3.63) is 22.4 Å². The van der Waals surface area contributed by atoms with Crippen molar-refractivity contribution in [2.45, 2.75) is 19.4 Å². The van der Waals surface area contributed by atoms with Crippen molar-refractivity contribution < 1.29 is 0 Å². The number of nitrogens with two attached hydrogens (primary N) is 1. The van der Waals surface area contributed by atoms with Crippen molar-refractivity contribution in [1.29, 1.82) is 0 Å². The molecular weight excluding hydrogens is 228 g/mol. The van der Waals surface area contributed by atoms with Gasteiger partial charge in [0.1, 0.15) is 0 Å². The molecule has 2 nitrogen and oxygen atoms in total. The molecule has 1 fully saturated rings. The van der Waals surface area contributed by atoms with Crippen LogP contribution in [0, 0.1) is 5.92 Å². The van der Waals surface area contributed by atoms with Gasteiger partial charge in [0.05, 0.1) is 0 Å². The Balaban J connectivity index is 0.00000112. The van der Waals surface area contributed by atoms with E-state index in [1.54, 1.807) is 0 Å². The monoisotopic (exact) mass is 246 g/mol. The van der Waals surface area contributed by atoms with Crippen LogP contribution >= 0.6 is 23.7 Å². The summed E-state index contributed by atoms with van der Waals surface area (Å²) in [7, 11) is 0. The van der Waals surface area contributed by atoms with Gasteiger partial charge in [-0.05, 0) is 43.3 Å². The molecule has 1 saturated heterocycles. The Morgan fingerprint density at radius 3 is 3.07 bits per heavy atom. The zero-order valence-electron chi connectivity index (χ0n) is 8.89. The predicted molar refractivity (Wildman–Crippen MR) is 68.6 cm³/mol. The van der Waals surface area contributed by atoms with Gasteiger partial charge in [0.15, 0.2) is 0 Å². The van der Waals surface area contributed by atoms with Crippen molar-refractivity contribution in [2.24, 2.45) is 11.7 Å². The molecule has 0 bridgehead atoms. The van der Waals surface area contributed by atoms with Crippen molar-refractivity contribution in [2.75, 3.05) is 19.6 Å². The molecule has 1 aliphatic rings. The Morgan fingerprint density at radius 1 is 1.53 bits per heavy atom. The minimum atomic E-state index is 0. The highest BCUT2D eigenvalue weighted by Gasteiger charge is 2.18. The van der Waals surface area contributed by atoms with Gasteiger partial charge in [0, 0.05) is 18.0 Å². The minimum absolute atomic E-state index is 0. The number of likely N-dealkylation sites (tertiary alicyclic amines) is 1. The smallest absolute Gasteiger partial charge is 0.0328 e. The Bertz CT molecular complexity index is 264. The van der Waals surface area contributed by atoms with E-state index in [2.05, 4.69) is 22.4 Å². The minimum Gasteiger partial charge on any atom is -0.330 e. The largest absolute Gasteiger partial charge is 0.330 e. The molecule has 2 N–H and O–H groups in total. The first kappa shape index (κ1) is 13.0. The molecule has 0 radical (unpaired) electrons. The highest BCUT2D eigenvalue weighted by atomic mass is 35.5. The number of piperidine rings is 1. The van der Waals surface area contributed by atoms with Crippen molar-refractivity contribution in [1.82, 2.24) is 4.90 Å². The average Bonchev–Trinajstić information content (AvgIpc) is 2.71.